The van der Waals surface area contributed by atoms with Crippen molar-refractivity contribution < 1.29 is 4.74 Å². The number of nitrogens with zero attached hydrogens (tertiary/aromatic N) is 1. The number of hydrogen-bond acceptors (Lipinski definition) is 3. The van der Waals surface area contributed by atoms with Gasteiger partial charge in [-0.05, 0) is 31.9 Å². The second-order valence-corrected chi connectivity index (χ2v) is 4.74. The van der Waals surface area contributed by atoms with Crippen LogP contribution in [0.1, 0.15) is 19.8 Å². The van der Waals surface area contributed by atoms with Crippen LogP contribution in [0.15, 0.2) is 24.3 Å². The molecule has 3 nitrogen and oxygen atoms in total. The summed E-state index contributed by atoms with van der Waals surface area (Å²) in [7, 11) is 1.79. The Morgan fingerprint density at radius 1 is 1.38 bits per heavy atom. The largest absolute Gasteiger partial charge is 0.397 e. The third kappa shape index (κ3) is 2.14. The first kappa shape index (κ1) is 11.3. The van der Waals surface area contributed by atoms with E-state index in [0.717, 1.165) is 37.3 Å². The Kier molecular flexibility index (Phi) is 3.06. The summed E-state index contributed by atoms with van der Waals surface area (Å²) in [5.74, 6) is 0. The molecule has 0 amide bonds. The highest BCUT2D eigenvalue weighted by atomic mass is 16.5. The molecule has 3 heteroatoms. The summed E-state index contributed by atoms with van der Waals surface area (Å²) in [5.41, 5.74) is 7.94. The first-order valence-corrected chi connectivity index (χ1v) is 5.79. The number of benzene rings is 1. The zero-order chi connectivity index (χ0) is 11.6. The Balaban J connectivity index is 2.19. The van der Waals surface area contributed by atoms with E-state index in [1.54, 1.807) is 7.11 Å². The summed E-state index contributed by atoms with van der Waals surface area (Å²) in [6, 6.07) is 8.04. The Labute approximate surface area is 97.2 Å². The highest BCUT2D eigenvalue weighted by molar-refractivity contribution is 5.67. The van der Waals surface area contributed by atoms with Crippen molar-refractivity contribution in [2.45, 2.75) is 25.4 Å². The minimum Gasteiger partial charge on any atom is -0.397 e. The molecular weight excluding hydrogens is 200 g/mol. The fourth-order valence-corrected chi connectivity index (χ4v) is 2.35. The topological polar surface area (TPSA) is 38.5 Å². The van der Waals surface area contributed by atoms with Gasteiger partial charge in [-0.15, -0.1) is 0 Å². The summed E-state index contributed by atoms with van der Waals surface area (Å²) >= 11 is 0. The van der Waals surface area contributed by atoms with Crippen LogP contribution >= 0.6 is 0 Å². The SMILES string of the molecule is COC1(C)CCCN(c2ccccc2N)C1. The molecule has 0 aliphatic carbocycles. The van der Waals surface area contributed by atoms with E-state index in [9.17, 15) is 0 Å². The number of nitrogen functional groups attached to an aromatic ring is 1. The summed E-state index contributed by atoms with van der Waals surface area (Å²) in [6.45, 7) is 4.14. The molecule has 88 valence electrons. The number of nitrogens with two attached hydrogens (primary N) is 1. The van der Waals surface area contributed by atoms with E-state index >= 15 is 0 Å². The number of para-hydroxylation sites is 2. The predicted molar refractivity (Wildman–Crippen MR) is 67.7 cm³/mol. The van der Waals surface area contributed by atoms with Crippen molar-refractivity contribution in [3.8, 4) is 0 Å². The quantitative estimate of drug-likeness (QED) is 0.777. The lowest BCUT2D eigenvalue weighted by Crippen LogP contribution is -2.47. The molecule has 1 unspecified atom stereocenters. The van der Waals surface area contributed by atoms with Crippen LogP contribution in [-0.4, -0.2) is 25.8 Å². The maximum atomic E-state index is 6.00. The second-order valence-electron chi connectivity index (χ2n) is 4.74. The Hall–Kier alpha value is -1.22. The highest BCUT2D eigenvalue weighted by Gasteiger charge is 2.31. The molecule has 0 bridgehead atoms. The summed E-state index contributed by atoms with van der Waals surface area (Å²) < 4.78 is 5.59. The molecule has 1 aromatic rings. The number of rotatable bonds is 2. The number of ether oxygens (including phenoxy) is 1. The van der Waals surface area contributed by atoms with Gasteiger partial charge in [0.05, 0.1) is 17.0 Å². The normalized spacial score (nSPS) is 25.8. The summed E-state index contributed by atoms with van der Waals surface area (Å²) in [4.78, 5) is 2.32. The molecular formula is C13H20N2O. The molecule has 0 saturated carbocycles. The first-order valence-electron chi connectivity index (χ1n) is 5.79. The van der Waals surface area contributed by atoms with Gasteiger partial charge in [-0.2, -0.15) is 0 Å². The van der Waals surface area contributed by atoms with Crippen molar-refractivity contribution in [3.05, 3.63) is 24.3 Å². The number of piperidine rings is 1. The maximum Gasteiger partial charge on any atom is 0.0825 e. The van der Waals surface area contributed by atoms with Crippen LogP contribution in [-0.2, 0) is 4.74 Å². The van der Waals surface area contributed by atoms with E-state index in [2.05, 4.69) is 17.9 Å². The van der Waals surface area contributed by atoms with Crippen LogP contribution in [0.4, 0.5) is 11.4 Å². The van der Waals surface area contributed by atoms with Gasteiger partial charge in [0.2, 0.25) is 0 Å². The van der Waals surface area contributed by atoms with Gasteiger partial charge < -0.3 is 15.4 Å². The molecule has 0 spiro atoms. The first-order chi connectivity index (χ1) is 7.64. The van der Waals surface area contributed by atoms with Gasteiger partial charge in [0, 0.05) is 20.2 Å². The molecule has 16 heavy (non-hydrogen) atoms. The van der Waals surface area contributed by atoms with Crippen LogP contribution in [0, 0.1) is 0 Å². The number of methoxy groups -OCH3 is 1. The molecule has 1 aromatic carbocycles. The third-order valence-corrected chi connectivity index (χ3v) is 3.43. The molecule has 1 saturated heterocycles. The van der Waals surface area contributed by atoms with E-state index in [4.69, 9.17) is 10.5 Å². The standard InChI is InChI=1S/C13H20N2O/c1-13(16-2)8-5-9-15(10-13)12-7-4-3-6-11(12)14/h3-4,6-7H,5,8-10,14H2,1-2H3. The highest BCUT2D eigenvalue weighted by Crippen LogP contribution is 2.30. The van der Waals surface area contributed by atoms with E-state index in [1.165, 1.54) is 0 Å². The average molecular weight is 220 g/mol. The minimum atomic E-state index is -0.0411. The summed E-state index contributed by atoms with van der Waals surface area (Å²) in [5, 5.41) is 0. The van der Waals surface area contributed by atoms with Crippen LogP contribution in [0.5, 0.6) is 0 Å². The average Bonchev–Trinajstić information content (AvgIpc) is 2.30. The van der Waals surface area contributed by atoms with Crippen molar-refractivity contribution in [3.63, 3.8) is 0 Å². The Morgan fingerprint density at radius 2 is 2.12 bits per heavy atom. The lowest BCUT2D eigenvalue weighted by molar-refractivity contribution is -0.00462. The van der Waals surface area contributed by atoms with Gasteiger partial charge >= 0.3 is 0 Å². The van der Waals surface area contributed by atoms with Crippen molar-refractivity contribution in [1.82, 2.24) is 0 Å². The van der Waals surface area contributed by atoms with E-state index in [0.29, 0.717) is 0 Å². The lowest BCUT2D eigenvalue weighted by atomic mass is 9.94. The van der Waals surface area contributed by atoms with Crippen molar-refractivity contribution in [2.75, 3.05) is 30.8 Å². The van der Waals surface area contributed by atoms with Crippen LogP contribution in [0.3, 0.4) is 0 Å². The van der Waals surface area contributed by atoms with Crippen molar-refractivity contribution in [1.29, 1.82) is 0 Å². The summed E-state index contributed by atoms with van der Waals surface area (Å²) in [6.07, 6.45) is 2.27. The van der Waals surface area contributed by atoms with Crippen LogP contribution in [0.25, 0.3) is 0 Å². The van der Waals surface area contributed by atoms with Crippen molar-refractivity contribution in [2.24, 2.45) is 0 Å². The maximum absolute atomic E-state index is 6.00. The molecule has 0 aromatic heterocycles. The molecule has 2 N–H and O–H groups in total. The van der Waals surface area contributed by atoms with Gasteiger partial charge in [0.1, 0.15) is 0 Å². The minimum absolute atomic E-state index is 0.0411. The molecule has 1 fully saturated rings. The number of hydrogen-bond donors (Lipinski definition) is 1. The van der Waals surface area contributed by atoms with Crippen molar-refractivity contribution >= 4 is 11.4 Å². The van der Waals surface area contributed by atoms with Crippen LogP contribution in [0.2, 0.25) is 0 Å². The molecule has 0 radical (unpaired) electrons. The molecule has 1 aliphatic rings. The molecule has 2 rings (SSSR count). The third-order valence-electron chi connectivity index (χ3n) is 3.43. The zero-order valence-corrected chi connectivity index (χ0v) is 10.1. The van der Waals surface area contributed by atoms with Gasteiger partial charge in [0.25, 0.3) is 0 Å². The predicted octanol–water partition coefficient (Wildman–Crippen LogP) is 2.27. The van der Waals surface area contributed by atoms with Gasteiger partial charge in [-0.1, -0.05) is 12.1 Å². The molecule has 1 heterocycles. The monoisotopic (exact) mass is 220 g/mol. The smallest absolute Gasteiger partial charge is 0.0825 e. The number of anilines is 2. The lowest BCUT2D eigenvalue weighted by Gasteiger charge is -2.41. The zero-order valence-electron chi connectivity index (χ0n) is 10.1. The Bertz CT molecular complexity index is 367. The van der Waals surface area contributed by atoms with Crippen LogP contribution < -0.4 is 10.6 Å². The second kappa shape index (κ2) is 4.34. The van der Waals surface area contributed by atoms with E-state index in [1.807, 2.05) is 18.2 Å². The fourth-order valence-electron chi connectivity index (χ4n) is 2.35. The van der Waals surface area contributed by atoms with E-state index in [-0.39, 0.29) is 5.60 Å². The van der Waals surface area contributed by atoms with Gasteiger partial charge in [-0.25, -0.2) is 0 Å². The van der Waals surface area contributed by atoms with Gasteiger partial charge in [0.15, 0.2) is 0 Å². The Morgan fingerprint density at radius 3 is 2.81 bits per heavy atom. The molecule has 1 aliphatic heterocycles. The van der Waals surface area contributed by atoms with Gasteiger partial charge in [-0.3, -0.25) is 0 Å². The fraction of sp³-hybridized carbons (Fsp3) is 0.538. The van der Waals surface area contributed by atoms with E-state index < -0.39 is 0 Å². The molecule has 1 atom stereocenters.